The van der Waals surface area contributed by atoms with Gasteiger partial charge in [-0.25, -0.2) is 0 Å². The average Bonchev–Trinajstić information content (AvgIpc) is 2.44. The number of nitrogen functional groups attached to an aromatic ring is 1. The number of nitrogens with zero attached hydrogens (tertiary/aromatic N) is 2. The smallest absolute Gasteiger partial charge is 0.251 e. The van der Waals surface area contributed by atoms with Gasteiger partial charge in [-0.05, 0) is 18.9 Å². The Labute approximate surface area is 120 Å². The number of hydrogen-bond acceptors (Lipinski definition) is 3. The van der Waals surface area contributed by atoms with E-state index in [0.717, 1.165) is 19.4 Å². The van der Waals surface area contributed by atoms with E-state index in [2.05, 4.69) is 13.8 Å². The van der Waals surface area contributed by atoms with Crippen molar-refractivity contribution in [2.24, 2.45) is 5.92 Å². The third-order valence-corrected chi connectivity index (χ3v) is 3.68. The molecule has 1 amide bonds. The monoisotopic (exact) mass is 279 g/mol. The minimum absolute atomic E-state index is 0.0351. The fourth-order valence-corrected chi connectivity index (χ4v) is 2.18. The molecule has 0 spiro atoms. The van der Waals surface area contributed by atoms with Gasteiger partial charge in [-0.15, -0.1) is 0 Å². The molecule has 0 aromatic carbocycles. The summed E-state index contributed by atoms with van der Waals surface area (Å²) in [4.78, 5) is 25.8. The van der Waals surface area contributed by atoms with E-state index in [9.17, 15) is 9.59 Å². The summed E-state index contributed by atoms with van der Waals surface area (Å²) in [6, 6.07) is 2.94. The Hall–Kier alpha value is -1.78. The molecule has 1 rings (SSSR count). The highest BCUT2D eigenvalue weighted by atomic mass is 16.2. The molecular weight excluding hydrogens is 254 g/mol. The van der Waals surface area contributed by atoms with Crippen LogP contribution in [-0.4, -0.2) is 28.5 Å². The summed E-state index contributed by atoms with van der Waals surface area (Å²) in [5.41, 5.74) is 5.93. The summed E-state index contributed by atoms with van der Waals surface area (Å²) >= 11 is 0. The van der Waals surface area contributed by atoms with E-state index < -0.39 is 0 Å². The van der Waals surface area contributed by atoms with Crippen molar-refractivity contribution >= 4 is 11.6 Å². The SMILES string of the molecule is CCC(CC)CN(CC)C(=O)Cn1cc(N)ccc1=O. The number of carbonyl (C=O) groups excluding carboxylic acids is 1. The van der Waals surface area contributed by atoms with Gasteiger partial charge in [-0.3, -0.25) is 9.59 Å². The van der Waals surface area contributed by atoms with Crippen molar-refractivity contribution in [2.75, 3.05) is 18.8 Å². The summed E-state index contributed by atoms with van der Waals surface area (Å²) in [6.07, 6.45) is 3.63. The normalized spacial score (nSPS) is 10.8. The number of likely N-dealkylation sites (N-methyl/N-ethyl adjacent to an activating group) is 1. The predicted octanol–water partition coefficient (Wildman–Crippen LogP) is 1.72. The molecule has 0 bridgehead atoms. The Morgan fingerprint density at radius 2 is 1.95 bits per heavy atom. The Balaban J connectivity index is 2.77. The van der Waals surface area contributed by atoms with Gasteiger partial charge in [0.1, 0.15) is 6.54 Å². The Kier molecular flexibility index (Phi) is 6.28. The zero-order chi connectivity index (χ0) is 15.1. The fourth-order valence-electron chi connectivity index (χ4n) is 2.18. The summed E-state index contributed by atoms with van der Waals surface area (Å²) in [6.45, 7) is 7.69. The van der Waals surface area contributed by atoms with Crippen LogP contribution in [0.3, 0.4) is 0 Å². The van der Waals surface area contributed by atoms with E-state index >= 15 is 0 Å². The van der Waals surface area contributed by atoms with Crippen molar-refractivity contribution in [3.63, 3.8) is 0 Å². The van der Waals surface area contributed by atoms with Crippen LogP contribution in [0, 0.1) is 5.92 Å². The van der Waals surface area contributed by atoms with Gasteiger partial charge in [0.2, 0.25) is 5.91 Å². The van der Waals surface area contributed by atoms with Gasteiger partial charge in [-0.2, -0.15) is 0 Å². The maximum Gasteiger partial charge on any atom is 0.251 e. The minimum atomic E-state index is -0.203. The molecule has 0 aliphatic rings. The van der Waals surface area contributed by atoms with Crippen LogP contribution in [0.15, 0.2) is 23.1 Å². The lowest BCUT2D eigenvalue weighted by Crippen LogP contribution is -2.39. The van der Waals surface area contributed by atoms with Gasteiger partial charge < -0.3 is 15.2 Å². The van der Waals surface area contributed by atoms with Crippen molar-refractivity contribution in [3.8, 4) is 0 Å². The number of nitrogens with two attached hydrogens (primary N) is 1. The van der Waals surface area contributed by atoms with Crippen LogP contribution >= 0.6 is 0 Å². The fraction of sp³-hybridized carbons (Fsp3) is 0.600. The molecule has 0 unspecified atom stereocenters. The zero-order valence-electron chi connectivity index (χ0n) is 12.6. The quantitative estimate of drug-likeness (QED) is 0.826. The van der Waals surface area contributed by atoms with Crippen LogP contribution in [0.4, 0.5) is 5.69 Å². The molecule has 0 aliphatic heterocycles. The molecule has 0 saturated heterocycles. The molecule has 0 aliphatic carbocycles. The lowest BCUT2D eigenvalue weighted by molar-refractivity contribution is -0.132. The topological polar surface area (TPSA) is 68.3 Å². The molecule has 0 fully saturated rings. The van der Waals surface area contributed by atoms with Crippen molar-refractivity contribution in [2.45, 2.75) is 40.2 Å². The van der Waals surface area contributed by atoms with Crippen LogP contribution in [0.5, 0.6) is 0 Å². The minimum Gasteiger partial charge on any atom is -0.398 e. The molecule has 0 atom stereocenters. The Morgan fingerprint density at radius 3 is 2.50 bits per heavy atom. The van der Waals surface area contributed by atoms with Gasteiger partial charge >= 0.3 is 0 Å². The molecular formula is C15H25N3O2. The van der Waals surface area contributed by atoms with Crippen molar-refractivity contribution in [3.05, 3.63) is 28.7 Å². The summed E-state index contributed by atoms with van der Waals surface area (Å²) in [5, 5.41) is 0. The Bertz CT molecular complexity index is 492. The molecule has 1 aromatic heterocycles. The second kappa shape index (κ2) is 7.72. The molecule has 112 valence electrons. The number of rotatable bonds is 7. The summed E-state index contributed by atoms with van der Waals surface area (Å²) < 4.78 is 1.37. The maximum atomic E-state index is 12.3. The van der Waals surface area contributed by atoms with Gasteiger partial charge in [0, 0.05) is 31.0 Å². The largest absolute Gasteiger partial charge is 0.398 e. The molecule has 20 heavy (non-hydrogen) atoms. The highest BCUT2D eigenvalue weighted by molar-refractivity contribution is 5.76. The second-order valence-electron chi connectivity index (χ2n) is 5.04. The lowest BCUT2D eigenvalue weighted by Gasteiger charge is -2.25. The Morgan fingerprint density at radius 1 is 1.30 bits per heavy atom. The highest BCUT2D eigenvalue weighted by Gasteiger charge is 2.16. The number of aromatic nitrogens is 1. The zero-order valence-corrected chi connectivity index (χ0v) is 12.6. The second-order valence-corrected chi connectivity index (χ2v) is 5.04. The van der Waals surface area contributed by atoms with Crippen LogP contribution < -0.4 is 11.3 Å². The first-order valence-corrected chi connectivity index (χ1v) is 7.25. The van der Waals surface area contributed by atoms with E-state index in [-0.39, 0.29) is 18.0 Å². The molecule has 5 nitrogen and oxygen atoms in total. The molecule has 2 N–H and O–H groups in total. The van der Waals surface area contributed by atoms with Gasteiger partial charge in [0.15, 0.2) is 0 Å². The number of anilines is 1. The third kappa shape index (κ3) is 4.40. The van der Waals surface area contributed by atoms with E-state index in [1.165, 1.54) is 16.8 Å². The van der Waals surface area contributed by atoms with Crippen molar-refractivity contribution in [1.82, 2.24) is 9.47 Å². The predicted molar refractivity (Wildman–Crippen MR) is 81.4 cm³/mol. The van der Waals surface area contributed by atoms with Crippen LogP contribution in [0.25, 0.3) is 0 Å². The summed E-state index contributed by atoms with van der Waals surface area (Å²) in [7, 11) is 0. The first-order valence-electron chi connectivity index (χ1n) is 7.25. The summed E-state index contributed by atoms with van der Waals surface area (Å²) in [5.74, 6) is 0.476. The number of pyridine rings is 1. The number of amides is 1. The molecule has 1 aromatic rings. The standard InChI is InChI=1S/C15H25N3O2/c1-4-12(5-2)9-17(6-3)15(20)11-18-10-13(16)7-8-14(18)19/h7-8,10,12H,4-6,9,11,16H2,1-3H3. The van der Waals surface area contributed by atoms with Crippen LogP contribution in [0.1, 0.15) is 33.6 Å². The number of carbonyl (C=O) groups is 1. The third-order valence-electron chi connectivity index (χ3n) is 3.68. The van der Waals surface area contributed by atoms with Gasteiger partial charge in [0.25, 0.3) is 5.56 Å². The van der Waals surface area contributed by atoms with Gasteiger partial charge in [-0.1, -0.05) is 26.7 Å². The molecule has 0 radical (unpaired) electrons. The van der Waals surface area contributed by atoms with Crippen molar-refractivity contribution in [1.29, 1.82) is 0 Å². The van der Waals surface area contributed by atoms with E-state index in [0.29, 0.717) is 18.2 Å². The van der Waals surface area contributed by atoms with Crippen LogP contribution in [-0.2, 0) is 11.3 Å². The van der Waals surface area contributed by atoms with E-state index in [1.54, 1.807) is 6.07 Å². The maximum absolute atomic E-state index is 12.3. The molecule has 5 heteroatoms. The highest BCUT2D eigenvalue weighted by Crippen LogP contribution is 2.10. The van der Waals surface area contributed by atoms with Crippen LogP contribution in [0.2, 0.25) is 0 Å². The first-order chi connectivity index (χ1) is 9.51. The lowest BCUT2D eigenvalue weighted by atomic mass is 10.0. The van der Waals surface area contributed by atoms with E-state index in [1.807, 2.05) is 11.8 Å². The van der Waals surface area contributed by atoms with Crippen molar-refractivity contribution < 1.29 is 4.79 Å². The number of hydrogen-bond donors (Lipinski definition) is 1. The average molecular weight is 279 g/mol. The molecule has 1 heterocycles. The van der Waals surface area contributed by atoms with Gasteiger partial charge in [0.05, 0.1) is 0 Å². The molecule has 0 saturated carbocycles. The van der Waals surface area contributed by atoms with E-state index in [4.69, 9.17) is 5.73 Å². The first kappa shape index (κ1) is 16.3.